The smallest absolute Gasteiger partial charge is 0.255 e. The molecule has 2 rings (SSSR count). The van der Waals surface area contributed by atoms with Crippen LogP contribution in [0.2, 0.25) is 0 Å². The summed E-state index contributed by atoms with van der Waals surface area (Å²) in [6.45, 7) is 2.28. The lowest BCUT2D eigenvalue weighted by Gasteiger charge is -2.17. The molecule has 2 aromatic rings. The van der Waals surface area contributed by atoms with E-state index >= 15 is 0 Å². The number of hydrogen-bond acceptors (Lipinski definition) is 2. The predicted molar refractivity (Wildman–Crippen MR) is 74.5 cm³/mol. The number of hydroxylamine groups is 1. The van der Waals surface area contributed by atoms with Gasteiger partial charge < -0.3 is 0 Å². The molecule has 0 aromatic heterocycles. The minimum Gasteiger partial charge on any atom is -0.274 e. The van der Waals surface area contributed by atoms with Crippen LogP contribution >= 0.6 is 0 Å². The molecule has 0 aliphatic carbocycles. The number of rotatable bonds is 5. The second kappa shape index (κ2) is 6.71. The fourth-order valence-electron chi connectivity index (χ4n) is 1.99. The zero-order chi connectivity index (χ0) is 13.5. The summed E-state index contributed by atoms with van der Waals surface area (Å²) in [5.74, 6) is -0.506. The van der Waals surface area contributed by atoms with Crippen molar-refractivity contribution < 1.29 is 9.63 Å². The molecular weight excluding hydrogens is 238 g/mol. The Hall–Kier alpha value is -2.13. The van der Waals surface area contributed by atoms with Gasteiger partial charge in [0.15, 0.2) is 0 Å². The van der Waals surface area contributed by atoms with E-state index in [4.69, 9.17) is 4.84 Å². The van der Waals surface area contributed by atoms with Gasteiger partial charge >= 0.3 is 0 Å². The molecule has 0 heterocycles. The Kier molecular flexibility index (Phi) is 4.70. The van der Waals surface area contributed by atoms with Crippen molar-refractivity contribution in [1.29, 1.82) is 0 Å². The van der Waals surface area contributed by atoms with Gasteiger partial charge in [0.05, 0.1) is 12.5 Å². The summed E-state index contributed by atoms with van der Waals surface area (Å²) >= 11 is 0. The van der Waals surface area contributed by atoms with Gasteiger partial charge in [0, 0.05) is 0 Å². The fraction of sp³-hybridized carbons (Fsp3) is 0.188. The Bertz CT molecular complexity index is 471. The molecule has 98 valence electrons. The molecule has 19 heavy (non-hydrogen) atoms. The molecule has 1 amide bonds. The third kappa shape index (κ3) is 3.42. The van der Waals surface area contributed by atoms with Crippen LogP contribution in [0.5, 0.6) is 0 Å². The van der Waals surface area contributed by atoms with Gasteiger partial charge in [0.25, 0.3) is 5.91 Å². The maximum atomic E-state index is 12.3. The molecule has 0 aliphatic rings. The topological polar surface area (TPSA) is 38.3 Å². The van der Waals surface area contributed by atoms with Crippen molar-refractivity contribution in [3.8, 4) is 0 Å². The van der Waals surface area contributed by atoms with Gasteiger partial charge in [-0.25, -0.2) is 5.48 Å². The Labute approximate surface area is 113 Å². The van der Waals surface area contributed by atoms with Crippen molar-refractivity contribution in [1.82, 2.24) is 5.48 Å². The van der Waals surface area contributed by atoms with Crippen LogP contribution in [-0.4, -0.2) is 12.5 Å². The molecule has 0 unspecified atom stereocenters. The highest BCUT2D eigenvalue weighted by molar-refractivity contribution is 5.86. The highest BCUT2D eigenvalue weighted by atomic mass is 16.6. The van der Waals surface area contributed by atoms with Crippen LogP contribution < -0.4 is 5.48 Å². The van der Waals surface area contributed by atoms with Crippen LogP contribution in [0.4, 0.5) is 0 Å². The quantitative estimate of drug-likeness (QED) is 0.834. The average molecular weight is 255 g/mol. The van der Waals surface area contributed by atoms with Gasteiger partial charge in [-0.05, 0) is 18.1 Å². The predicted octanol–water partition coefficient (Wildman–Crippen LogP) is 2.89. The van der Waals surface area contributed by atoms with E-state index in [1.165, 1.54) is 0 Å². The summed E-state index contributed by atoms with van der Waals surface area (Å²) in [5, 5.41) is 0. The third-order valence-corrected chi connectivity index (χ3v) is 2.85. The number of nitrogens with one attached hydrogen (secondary N) is 1. The Morgan fingerprint density at radius 2 is 1.47 bits per heavy atom. The summed E-state index contributed by atoms with van der Waals surface area (Å²) in [5.41, 5.74) is 4.39. The zero-order valence-corrected chi connectivity index (χ0v) is 10.9. The molecule has 0 radical (unpaired) electrons. The van der Waals surface area contributed by atoms with Crippen LogP contribution in [0, 0.1) is 0 Å². The maximum absolute atomic E-state index is 12.3. The van der Waals surface area contributed by atoms with Gasteiger partial charge in [-0.1, -0.05) is 60.7 Å². The van der Waals surface area contributed by atoms with E-state index in [0.29, 0.717) is 6.61 Å². The minimum atomic E-state index is -0.353. The second-order valence-corrected chi connectivity index (χ2v) is 4.15. The van der Waals surface area contributed by atoms with Crippen molar-refractivity contribution in [2.24, 2.45) is 0 Å². The van der Waals surface area contributed by atoms with Crippen LogP contribution in [0.1, 0.15) is 24.0 Å². The Morgan fingerprint density at radius 3 is 1.89 bits per heavy atom. The largest absolute Gasteiger partial charge is 0.274 e. The first kappa shape index (κ1) is 13.3. The summed E-state index contributed by atoms with van der Waals surface area (Å²) in [7, 11) is 0. The first-order valence-electron chi connectivity index (χ1n) is 6.34. The van der Waals surface area contributed by atoms with Crippen LogP contribution in [-0.2, 0) is 9.63 Å². The molecule has 0 bridgehead atoms. The monoisotopic (exact) mass is 255 g/mol. The molecule has 0 saturated carbocycles. The van der Waals surface area contributed by atoms with Crippen molar-refractivity contribution in [3.63, 3.8) is 0 Å². The highest BCUT2D eigenvalue weighted by Gasteiger charge is 2.22. The molecule has 3 nitrogen and oxygen atoms in total. The zero-order valence-electron chi connectivity index (χ0n) is 10.9. The summed E-state index contributed by atoms with van der Waals surface area (Å²) in [6.07, 6.45) is 0. The normalized spacial score (nSPS) is 10.4. The molecule has 0 spiro atoms. The van der Waals surface area contributed by atoms with E-state index in [1.54, 1.807) is 0 Å². The van der Waals surface area contributed by atoms with Crippen molar-refractivity contribution in [3.05, 3.63) is 71.8 Å². The Balaban J connectivity index is 2.31. The van der Waals surface area contributed by atoms with Crippen molar-refractivity contribution in [2.75, 3.05) is 6.61 Å². The lowest BCUT2D eigenvalue weighted by atomic mass is 9.91. The SMILES string of the molecule is CCONC(=O)C(c1ccccc1)c1ccccc1. The fourth-order valence-corrected chi connectivity index (χ4v) is 1.99. The number of amides is 1. The lowest BCUT2D eigenvalue weighted by molar-refractivity contribution is -0.133. The summed E-state index contributed by atoms with van der Waals surface area (Å²) in [4.78, 5) is 17.3. The highest BCUT2D eigenvalue weighted by Crippen LogP contribution is 2.24. The number of hydrogen-bond donors (Lipinski definition) is 1. The summed E-state index contributed by atoms with van der Waals surface area (Å²) in [6, 6.07) is 19.4. The van der Waals surface area contributed by atoms with E-state index in [9.17, 15) is 4.79 Å². The maximum Gasteiger partial charge on any atom is 0.255 e. The van der Waals surface area contributed by atoms with Gasteiger partial charge in [-0.2, -0.15) is 0 Å². The molecule has 0 aliphatic heterocycles. The van der Waals surface area contributed by atoms with Gasteiger partial charge in [-0.15, -0.1) is 0 Å². The number of carbonyl (C=O) groups is 1. The lowest BCUT2D eigenvalue weighted by Crippen LogP contribution is -2.30. The standard InChI is InChI=1S/C16H17NO2/c1-2-19-17-16(18)15(13-9-5-3-6-10-13)14-11-7-4-8-12-14/h3-12,15H,2H2,1H3,(H,17,18). The number of benzene rings is 2. The molecule has 0 fully saturated rings. The second-order valence-electron chi connectivity index (χ2n) is 4.15. The molecular formula is C16H17NO2. The van der Waals surface area contributed by atoms with Gasteiger partial charge in [0.1, 0.15) is 0 Å². The van der Waals surface area contributed by atoms with Crippen molar-refractivity contribution in [2.45, 2.75) is 12.8 Å². The third-order valence-electron chi connectivity index (χ3n) is 2.85. The van der Waals surface area contributed by atoms with Crippen LogP contribution in [0.3, 0.4) is 0 Å². The van der Waals surface area contributed by atoms with E-state index < -0.39 is 0 Å². The molecule has 2 aromatic carbocycles. The first-order valence-corrected chi connectivity index (χ1v) is 6.34. The molecule has 1 N–H and O–H groups in total. The van der Waals surface area contributed by atoms with E-state index in [-0.39, 0.29) is 11.8 Å². The molecule has 0 saturated heterocycles. The average Bonchev–Trinajstić information content (AvgIpc) is 2.47. The summed E-state index contributed by atoms with van der Waals surface area (Å²) < 4.78 is 0. The van der Waals surface area contributed by atoms with Crippen LogP contribution in [0.15, 0.2) is 60.7 Å². The Morgan fingerprint density at radius 1 is 1.00 bits per heavy atom. The van der Waals surface area contributed by atoms with Crippen molar-refractivity contribution >= 4 is 5.91 Å². The van der Waals surface area contributed by atoms with Crippen LogP contribution in [0.25, 0.3) is 0 Å². The first-order chi connectivity index (χ1) is 9.33. The molecule has 3 heteroatoms. The van der Waals surface area contributed by atoms with E-state index in [0.717, 1.165) is 11.1 Å². The van der Waals surface area contributed by atoms with E-state index in [2.05, 4.69) is 5.48 Å². The van der Waals surface area contributed by atoms with Gasteiger partial charge in [-0.3, -0.25) is 9.63 Å². The van der Waals surface area contributed by atoms with Gasteiger partial charge in [0.2, 0.25) is 0 Å². The molecule has 0 atom stereocenters. The van der Waals surface area contributed by atoms with E-state index in [1.807, 2.05) is 67.6 Å². The number of carbonyl (C=O) groups excluding carboxylic acids is 1. The minimum absolute atomic E-state index is 0.153.